The van der Waals surface area contributed by atoms with Gasteiger partial charge in [0.25, 0.3) is 0 Å². The zero-order valence-corrected chi connectivity index (χ0v) is 14.4. The molecule has 0 bridgehead atoms. The van der Waals surface area contributed by atoms with E-state index in [1.165, 1.54) is 12.8 Å². The Labute approximate surface area is 142 Å². The molecular weight excluding hydrogens is 308 g/mol. The first-order valence-corrected chi connectivity index (χ1v) is 8.73. The minimum Gasteiger partial charge on any atom is -0.477 e. The maximum atomic E-state index is 12.6. The Morgan fingerprint density at radius 1 is 1.46 bits per heavy atom. The quantitative estimate of drug-likeness (QED) is 0.824. The van der Waals surface area contributed by atoms with Crippen LogP contribution in [0.25, 0.3) is 0 Å². The molecule has 0 spiro atoms. The smallest absolute Gasteiger partial charge is 0.354 e. The van der Waals surface area contributed by atoms with Gasteiger partial charge < -0.3 is 10.0 Å². The highest BCUT2D eigenvalue weighted by atomic mass is 16.4. The Hall–Kier alpha value is -1.89. The van der Waals surface area contributed by atoms with Gasteiger partial charge in [-0.1, -0.05) is 13.8 Å². The van der Waals surface area contributed by atoms with E-state index in [4.69, 9.17) is 0 Å². The highest BCUT2D eigenvalue weighted by Crippen LogP contribution is 2.32. The first-order valence-electron chi connectivity index (χ1n) is 8.73. The van der Waals surface area contributed by atoms with Gasteiger partial charge in [0.1, 0.15) is 5.69 Å². The van der Waals surface area contributed by atoms with Crippen LogP contribution in [-0.2, 0) is 11.3 Å². The van der Waals surface area contributed by atoms with Crippen LogP contribution in [0.5, 0.6) is 0 Å². The highest BCUT2D eigenvalue weighted by Gasteiger charge is 2.35. The summed E-state index contributed by atoms with van der Waals surface area (Å²) in [4.78, 5) is 28.1. The second-order valence-electron chi connectivity index (χ2n) is 7.36. The van der Waals surface area contributed by atoms with Crippen molar-refractivity contribution in [2.45, 2.75) is 45.7 Å². The molecule has 24 heavy (non-hydrogen) atoms. The first kappa shape index (κ1) is 17.0. The lowest BCUT2D eigenvalue weighted by atomic mass is 10.0. The summed E-state index contributed by atoms with van der Waals surface area (Å²) in [6.07, 6.45) is 4.53. The van der Waals surface area contributed by atoms with E-state index in [-0.39, 0.29) is 17.6 Å². The molecule has 2 fully saturated rings. The van der Waals surface area contributed by atoms with E-state index in [2.05, 4.69) is 33.8 Å². The SMILES string of the molecule is CC(C)[C@H]1CN(Cc2cn[nH]c2C(=O)O)CCC(=O)N1CC1CC1. The number of carboxylic acids is 1. The van der Waals surface area contributed by atoms with E-state index in [0.29, 0.717) is 36.9 Å². The number of H-pyrrole nitrogens is 1. The van der Waals surface area contributed by atoms with Crippen molar-refractivity contribution in [3.8, 4) is 0 Å². The molecule has 1 atom stereocenters. The third kappa shape index (κ3) is 3.77. The molecule has 1 aromatic heterocycles. The molecule has 1 saturated heterocycles. The summed E-state index contributed by atoms with van der Waals surface area (Å²) >= 11 is 0. The molecule has 0 unspecified atom stereocenters. The number of carboxylic acid groups (broad SMARTS) is 1. The summed E-state index contributed by atoms with van der Waals surface area (Å²) in [6, 6.07) is 0.181. The average Bonchev–Trinajstić information content (AvgIpc) is 3.25. The third-order valence-corrected chi connectivity index (χ3v) is 5.05. The summed E-state index contributed by atoms with van der Waals surface area (Å²) in [5.41, 5.74) is 0.814. The van der Waals surface area contributed by atoms with Gasteiger partial charge in [-0.15, -0.1) is 0 Å². The molecule has 0 radical (unpaired) electrons. The summed E-state index contributed by atoms with van der Waals surface area (Å²) in [5.74, 6) is 0.281. The lowest BCUT2D eigenvalue weighted by Gasteiger charge is -2.35. The van der Waals surface area contributed by atoms with Gasteiger partial charge in [-0.25, -0.2) is 4.79 Å². The Kier molecular flexibility index (Phi) is 4.89. The fourth-order valence-electron chi connectivity index (χ4n) is 3.42. The van der Waals surface area contributed by atoms with Crippen molar-refractivity contribution in [2.75, 3.05) is 19.6 Å². The number of hydrogen-bond donors (Lipinski definition) is 2. The number of carbonyl (C=O) groups is 2. The number of nitrogens with zero attached hydrogens (tertiary/aromatic N) is 3. The number of aromatic amines is 1. The molecule has 7 nitrogen and oxygen atoms in total. The van der Waals surface area contributed by atoms with Crippen LogP contribution >= 0.6 is 0 Å². The predicted octanol–water partition coefficient (Wildman–Crippen LogP) is 1.58. The predicted molar refractivity (Wildman–Crippen MR) is 88.5 cm³/mol. The molecule has 1 aliphatic heterocycles. The summed E-state index contributed by atoms with van der Waals surface area (Å²) in [6.45, 7) is 7.13. The molecule has 1 saturated carbocycles. The van der Waals surface area contributed by atoms with E-state index >= 15 is 0 Å². The van der Waals surface area contributed by atoms with Crippen LogP contribution in [0.3, 0.4) is 0 Å². The fraction of sp³-hybridized carbons (Fsp3) is 0.706. The Bertz CT molecular complexity index is 609. The second-order valence-corrected chi connectivity index (χ2v) is 7.36. The van der Waals surface area contributed by atoms with E-state index in [1.807, 2.05) is 0 Å². The van der Waals surface area contributed by atoms with Gasteiger partial charge >= 0.3 is 5.97 Å². The standard InChI is InChI=1S/C17H26N4O3/c1-11(2)14-10-20(9-13-7-18-19-16(13)17(23)24)6-5-15(22)21(14)8-12-3-4-12/h7,11-12,14H,3-6,8-10H2,1-2H3,(H,18,19)(H,23,24)/t14-/m1/s1. The maximum Gasteiger partial charge on any atom is 0.354 e. The Balaban J connectivity index is 1.74. The van der Waals surface area contributed by atoms with Gasteiger partial charge in [0.15, 0.2) is 0 Å². The van der Waals surface area contributed by atoms with Crippen molar-refractivity contribution < 1.29 is 14.7 Å². The van der Waals surface area contributed by atoms with Crippen LogP contribution < -0.4 is 0 Å². The van der Waals surface area contributed by atoms with Crippen molar-refractivity contribution in [1.29, 1.82) is 0 Å². The van der Waals surface area contributed by atoms with Gasteiger partial charge in [0.2, 0.25) is 5.91 Å². The molecule has 2 N–H and O–H groups in total. The number of nitrogens with one attached hydrogen (secondary N) is 1. The van der Waals surface area contributed by atoms with Crippen LogP contribution in [0.4, 0.5) is 0 Å². The van der Waals surface area contributed by atoms with Gasteiger partial charge in [0.05, 0.1) is 6.20 Å². The van der Waals surface area contributed by atoms with Gasteiger partial charge in [-0.2, -0.15) is 5.10 Å². The van der Waals surface area contributed by atoms with Crippen LogP contribution in [-0.4, -0.2) is 62.7 Å². The van der Waals surface area contributed by atoms with E-state index < -0.39 is 5.97 Å². The third-order valence-electron chi connectivity index (χ3n) is 5.05. The minimum absolute atomic E-state index is 0.140. The number of rotatable bonds is 6. The largest absolute Gasteiger partial charge is 0.477 e. The van der Waals surface area contributed by atoms with Crippen molar-refractivity contribution in [2.24, 2.45) is 11.8 Å². The summed E-state index contributed by atoms with van der Waals surface area (Å²) in [5, 5.41) is 15.6. The zero-order valence-electron chi connectivity index (χ0n) is 14.4. The van der Waals surface area contributed by atoms with Crippen molar-refractivity contribution in [3.05, 3.63) is 17.5 Å². The van der Waals surface area contributed by atoms with Gasteiger partial charge in [-0.3, -0.25) is 14.8 Å². The molecule has 1 aromatic rings. The van der Waals surface area contributed by atoms with Crippen LogP contribution in [0, 0.1) is 11.8 Å². The van der Waals surface area contributed by atoms with Crippen LogP contribution in [0.2, 0.25) is 0 Å². The van der Waals surface area contributed by atoms with E-state index in [9.17, 15) is 14.7 Å². The van der Waals surface area contributed by atoms with E-state index in [1.54, 1.807) is 6.20 Å². The first-order chi connectivity index (χ1) is 11.5. The lowest BCUT2D eigenvalue weighted by molar-refractivity contribution is -0.133. The molecule has 1 aliphatic carbocycles. The van der Waals surface area contributed by atoms with Crippen LogP contribution in [0.15, 0.2) is 6.20 Å². The molecule has 2 aliphatic rings. The summed E-state index contributed by atoms with van der Waals surface area (Å²) in [7, 11) is 0. The minimum atomic E-state index is -0.996. The molecule has 3 rings (SSSR count). The zero-order chi connectivity index (χ0) is 17.3. The molecule has 0 aromatic carbocycles. The van der Waals surface area contributed by atoms with Crippen LogP contribution in [0.1, 0.15) is 49.2 Å². The lowest BCUT2D eigenvalue weighted by Crippen LogP contribution is -2.47. The number of aromatic nitrogens is 2. The molecule has 2 heterocycles. The topological polar surface area (TPSA) is 89.5 Å². The van der Waals surface area contributed by atoms with Crippen molar-refractivity contribution in [3.63, 3.8) is 0 Å². The average molecular weight is 334 g/mol. The number of carbonyl (C=O) groups excluding carboxylic acids is 1. The molecular formula is C17H26N4O3. The Morgan fingerprint density at radius 2 is 2.21 bits per heavy atom. The van der Waals surface area contributed by atoms with Crippen molar-refractivity contribution >= 4 is 11.9 Å². The second kappa shape index (κ2) is 6.93. The van der Waals surface area contributed by atoms with E-state index in [0.717, 1.165) is 13.1 Å². The van der Waals surface area contributed by atoms with Gasteiger partial charge in [0, 0.05) is 44.2 Å². The maximum absolute atomic E-state index is 12.6. The number of aromatic carboxylic acids is 1. The molecule has 132 valence electrons. The number of amides is 1. The Morgan fingerprint density at radius 3 is 2.83 bits per heavy atom. The van der Waals surface area contributed by atoms with Gasteiger partial charge in [-0.05, 0) is 24.7 Å². The monoisotopic (exact) mass is 334 g/mol. The molecule has 1 amide bonds. The summed E-state index contributed by atoms with van der Waals surface area (Å²) < 4.78 is 0. The normalized spacial score (nSPS) is 22.9. The molecule has 7 heteroatoms. The number of hydrogen-bond acceptors (Lipinski definition) is 4. The van der Waals surface area contributed by atoms with Crippen molar-refractivity contribution in [1.82, 2.24) is 20.0 Å². The highest BCUT2D eigenvalue weighted by molar-refractivity contribution is 5.86. The fourth-order valence-corrected chi connectivity index (χ4v) is 3.42.